The third-order valence-electron chi connectivity index (χ3n) is 5.29. The van der Waals surface area contributed by atoms with Crippen molar-refractivity contribution in [1.82, 2.24) is 9.97 Å². The van der Waals surface area contributed by atoms with Crippen molar-refractivity contribution < 1.29 is 9.47 Å². The Morgan fingerprint density at radius 1 is 0.686 bits per heavy atom. The van der Waals surface area contributed by atoms with E-state index in [0.717, 1.165) is 39.3 Å². The van der Waals surface area contributed by atoms with E-state index in [2.05, 4.69) is 15.6 Å². The van der Waals surface area contributed by atoms with Crippen molar-refractivity contribution in [3.05, 3.63) is 109 Å². The van der Waals surface area contributed by atoms with Gasteiger partial charge in [0.2, 0.25) is 5.95 Å². The summed E-state index contributed by atoms with van der Waals surface area (Å²) in [5.41, 5.74) is 3.72. The van der Waals surface area contributed by atoms with Crippen LogP contribution in [0.2, 0.25) is 0 Å². The lowest BCUT2D eigenvalue weighted by Gasteiger charge is -2.13. The molecule has 0 saturated carbocycles. The van der Waals surface area contributed by atoms with Gasteiger partial charge in [0.05, 0.1) is 12.6 Å². The SMILES string of the molecule is COc1cccc(Nc2nc(Nc3ccc(OCc4ccccc4)cc3)nc3ccccc23)c1.Cl. The summed E-state index contributed by atoms with van der Waals surface area (Å²) >= 11 is 0. The number of nitrogens with one attached hydrogen (secondary N) is 2. The number of hydrogen-bond acceptors (Lipinski definition) is 6. The molecular formula is C28H25ClN4O2. The summed E-state index contributed by atoms with van der Waals surface area (Å²) in [6.07, 6.45) is 0. The maximum atomic E-state index is 5.88. The van der Waals surface area contributed by atoms with E-state index in [1.165, 1.54) is 0 Å². The van der Waals surface area contributed by atoms with Crippen LogP contribution in [-0.4, -0.2) is 17.1 Å². The summed E-state index contributed by atoms with van der Waals surface area (Å²) in [4.78, 5) is 9.43. The Labute approximate surface area is 210 Å². The fraction of sp³-hybridized carbons (Fsp3) is 0.0714. The van der Waals surface area contributed by atoms with Crippen molar-refractivity contribution >= 4 is 46.5 Å². The van der Waals surface area contributed by atoms with Crippen LogP contribution in [-0.2, 0) is 6.61 Å². The molecule has 2 N–H and O–H groups in total. The molecular weight excluding hydrogens is 460 g/mol. The lowest BCUT2D eigenvalue weighted by Crippen LogP contribution is -2.02. The molecule has 0 aliphatic carbocycles. The van der Waals surface area contributed by atoms with Crippen LogP contribution in [0.4, 0.5) is 23.1 Å². The minimum absolute atomic E-state index is 0. The molecule has 0 unspecified atom stereocenters. The number of fused-ring (bicyclic) bond motifs is 1. The average molecular weight is 485 g/mol. The summed E-state index contributed by atoms with van der Waals surface area (Å²) in [5.74, 6) is 2.79. The first-order chi connectivity index (χ1) is 16.8. The fourth-order valence-electron chi connectivity index (χ4n) is 3.57. The van der Waals surface area contributed by atoms with Crippen LogP contribution in [0.1, 0.15) is 5.56 Å². The van der Waals surface area contributed by atoms with Gasteiger partial charge in [-0.15, -0.1) is 12.4 Å². The molecule has 7 heteroatoms. The van der Waals surface area contributed by atoms with Gasteiger partial charge in [-0.05, 0) is 54.1 Å². The third kappa shape index (κ3) is 5.99. The number of hydrogen-bond donors (Lipinski definition) is 2. The highest BCUT2D eigenvalue weighted by Crippen LogP contribution is 2.28. The Bertz CT molecular complexity index is 1400. The highest BCUT2D eigenvalue weighted by Gasteiger charge is 2.09. The second-order valence-corrected chi connectivity index (χ2v) is 7.69. The predicted octanol–water partition coefficient (Wildman–Crippen LogP) is 7.13. The molecule has 0 bridgehead atoms. The number of methoxy groups -OCH3 is 1. The van der Waals surface area contributed by atoms with Crippen LogP contribution < -0.4 is 20.1 Å². The molecule has 6 nitrogen and oxygen atoms in total. The van der Waals surface area contributed by atoms with E-state index in [-0.39, 0.29) is 12.4 Å². The Balaban J connectivity index is 0.00000289. The van der Waals surface area contributed by atoms with Gasteiger partial charge in [-0.1, -0.05) is 48.5 Å². The quantitative estimate of drug-likeness (QED) is 0.244. The number of aromatic nitrogens is 2. The van der Waals surface area contributed by atoms with Gasteiger partial charge >= 0.3 is 0 Å². The van der Waals surface area contributed by atoms with Crippen LogP contribution in [0.5, 0.6) is 11.5 Å². The number of halogens is 1. The minimum atomic E-state index is 0. The molecule has 0 atom stereocenters. The van der Waals surface area contributed by atoms with Crippen molar-refractivity contribution in [2.75, 3.05) is 17.7 Å². The Morgan fingerprint density at radius 3 is 2.26 bits per heavy atom. The lowest BCUT2D eigenvalue weighted by atomic mass is 10.2. The zero-order chi connectivity index (χ0) is 23.2. The van der Waals surface area contributed by atoms with E-state index in [1.54, 1.807) is 7.11 Å². The minimum Gasteiger partial charge on any atom is -0.497 e. The molecule has 0 saturated heterocycles. The lowest BCUT2D eigenvalue weighted by molar-refractivity contribution is 0.306. The Hall–Kier alpha value is -4.29. The van der Waals surface area contributed by atoms with Crippen LogP contribution in [0.3, 0.4) is 0 Å². The van der Waals surface area contributed by atoms with Crippen molar-refractivity contribution in [1.29, 1.82) is 0 Å². The fourth-order valence-corrected chi connectivity index (χ4v) is 3.57. The summed E-state index contributed by atoms with van der Waals surface area (Å²) in [5, 5.41) is 7.63. The van der Waals surface area contributed by atoms with Crippen molar-refractivity contribution in [3.8, 4) is 11.5 Å². The second kappa shape index (κ2) is 11.2. The van der Waals surface area contributed by atoms with E-state index >= 15 is 0 Å². The maximum absolute atomic E-state index is 5.88. The van der Waals surface area contributed by atoms with E-state index in [1.807, 2.05) is 103 Å². The normalized spacial score (nSPS) is 10.3. The number of nitrogens with zero attached hydrogens (tertiary/aromatic N) is 2. The van der Waals surface area contributed by atoms with E-state index in [0.29, 0.717) is 18.4 Å². The van der Waals surface area contributed by atoms with E-state index in [9.17, 15) is 0 Å². The van der Waals surface area contributed by atoms with Gasteiger partial charge < -0.3 is 20.1 Å². The second-order valence-electron chi connectivity index (χ2n) is 7.69. The number of ether oxygens (including phenoxy) is 2. The van der Waals surface area contributed by atoms with Crippen LogP contribution in [0.15, 0.2) is 103 Å². The molecule has 35 heavy (non-hydrogen) atoms. The molecule has 5 aromatic rings. The van der Waals surface area contributed by atoms with Crippen molar-refractivity contribution in [2.24, 2.45) is 0 Å². The van der Waals surface area contributed by atoms with E-state index in [4.69, 9.17) is 14.5 Å². The predicted molar refractivity (Wildman–Crippen MR) is 144 cm³/mol. The molecule has 0 spiro atoms. The Kier molecular flexibility index (Phi) is 7.65. The summed E-state index contributed by atoms with van der Waals surface area (Å²) in [6, 6.07) is 33.5. The molecule has 0 radical (unpaired) electrons. The molecule has 0 aliphatic heterocycles. The first-order valence-corrected chi connectivity index (χ1v) is 11.0. The third-order valence-corrected chi connectivity index (χ3v) is 5.29. The zero-order valence-corrected chi connectivity index (χ0v) is 20.0. The van der Waals surface area contributed by atoms with Gasteiger partial charge in [-0.2, -0.15) is 4.98 Å². The molecule has 176 valence electrons. The smallest absolute Gasteiger partial charge is 0.229 e. The number of para-hydroxylation sites is 1. The van der Waals surface area contributed by atoms with Crippen LogP contribution >= 0.6 is 12.4 Å². The molecule has 0 aliphatic rings. The topological polar surface area (TPSA) is 68.3 Å². The van der Waals surface area contributed by atoms with Gasteiger partial charge in [0, 0.05) is 22.8 Å². The van der Waals surface area contributed by atoms with Gasteiger partial charge in [-0.25, -0.2) is 4.98 Å². The maximum Gasteiger partial charge on any atom is 0.229 e. The molecule has 1 aromatic heterocycles. The van der Waals surface area contributed by atoms with Gasteiger partial charge in [0.15, 0.2) is 0 Å². The summed E-state index contributed by atoms with van der Waals surface area (Å²) in [7, 11) is 1.65. The molecule has 5 rings (SSSR count). The van der Waals surface area contributed by atoms with Crippen molar-refractivity contribution in [3.63, 3.8) is 0 Å². The van der Waals surface area contributed by atoms with Gasteiger partial charge in [0.1, 0.15) is 23.9 Å². The monoisotopic (exact) mass is 484 g/mol. The first-order valence-electron chi connectivity index (χ1n) is 11.0. The van der Waals surface area contributed by atoms with Crippen LogP contribution in [0, 0.1) is 0 Å². The average Bonchev–Trinajstić information content (AvgIpc) is 2.89. The number of rotatable bonds is 8. The van der Waals surface area contributed by atoms with Gasteiger partial charge in [0.25, 0.3) is 0 Å². The molecule has 0 amide bonds. The summed E-state index contributed by atoms with van der Waals surface area (Å²) in [6.45, 7) is 0.528. The highest BCUT2D eigenvalue weighted by atomic mass is 35.5. The Morgan fingerprint density at radius 2 is 1.46 bits per heavy atom. The van der Waals surface area contributed by atoms with Crippen LogP contribution in [0.25, 0.3) is 10.9 Å². The molecule has 1 heterocycles. The first kappa shape index (κ1) is 23.9. The standard InChI is InChI=1S/C28H24N4O2.ClH/c1-33-24-11-7-10-22(18-24)29-27-25-12-5-6-13-26(25)31-28(32-27)30-21-14-16-23(17-15-21)34-19-20-8-3-2-4-9-20;/h2-18H,19H2,1H3,(H2,29,30,31,32);1H. The molecule has 0 fully saturated rings. The van der Waals surface area contributed by atoms with E-state index < -0.39 is 0 Å². The largest absolute Gasteiger partial charge is 0.497 e. The van der Waals surface area contributed by atoms with Crippen molar-refractivity contribution in [2.45, 2.75) is 6.61 Å². The summed E-state index contributed by atoms with van der Waals surface area (Å²) < 4.78 is 11.2. The zero-order valence-electron chi connectivity index (χ0n) is 19.1. The number of benzene rings is 4. The van der Waals surface area contributed by atoms with Gasteiger partial charge in [-0.3, -0.25) is 0 Å². The highest BCUT2D eigenvalue weighted by molar-refractivity contribution is 5.92. The number of anilines is 4. The molecule has 4 aromatic carbocycles.